The molecule has 0 unspecified atom stereocenters. The van der Waals surface area contributed by atoms with E-state index in [2.05, 4.69) is 27.6 Å². The number of aromatic nitrogens is 2. The van der Waals surface area contributed by atoms with E-state index in [0.29, 0.717) is 6.54 Å². The quantitative estimate of drug-likeness (QED) is 0.652. The standard InChI is InChI=1S/C13H9IN2OS/c14-10-3-1-9(2-4-10)7-16-8-15-11-5-6-18-12(11)13(16)17/h1-6,8H,7H2. The van der Waals surface area contributed by atoms with Crippen LogP contribution in [-0.2, 0) is 6.54 Å². The lowest BCUT2D eigenvalue weighted by Gasteiger charge is -2.05. The van der Waals surface area contributed by atoms with Crippen molar-refractivity contribution in [2.45, 2.75) is 6.54 Å². The van der Waals surface area contributed by atoms with Gasteiger partial charge in [-0.1, -0.05) is 12.1 Å². The van der Waals surface area contributed by atoms with Crippen LogP contribution in [0.1, 0.15) is 5.56 Å². The highest BCUT2D eigenvalue weighted by molar-refractivity contribution is 14.1. The van der Waals surface area contributed by atoms with Crippen LogP contribution in [0.4, 0.5) is 0 Å². The van der Waals surface area contributed by atoms with Crippen LogP contribution in [0.15, 0.2) is 46.8 Å². The van der Waals surface area contributed by atoms with Gasteiger partial charge in [0.05, 0.1) is 18.4 Å². The third-order valence-electron chi connectivity index (χ3n) is 2.70. The number of nitrogens with zero attached hydrogens (tertiary/aromatic N) is 2. The van der Waals surface area contributed by atoms with Gasteiger partial charge in [0.2, 0.25) is 0 Å². The molecule has 5 heteroatoms. The molecule has 0 aliphatic rings. The fourth-order valence-electron chi connectivity index (χ4n) is 1.78. The van der Waals surface area contributed by atoms with E-state index in [1.807, 2.05) is 35.7 Å². The largest absolute Gasteiger partial charge is 0.294 e. The average Bonchev–Trinajstić information content (AvgIpc) is 2.84. The van der Waals surface area contributed by atoms with E-state index in [4.69, 9.17) is 0 Å². The van der Waals surface area contributed by atoms with Crippen molar-refractivity contribution in [1.29, 1.82) is 0 Å². The van der Waals surface area contributed by atoms with Crippen LogP contribution >= 0.6 is 33.9 Å². The molecule has 18 heavy (non-hydrogen) atoms. The summed E-state index contributed by atoms with van der Waals surface area (Å²) in [5, 5.41) is 1.90. The first kappa shape index (κ1) is 11.9. The first-order valence-electron chi connectivity index (χ1n) is 5.41. The fourth-order valence-corrected chi connectivity index (χ4v) is 2.93. The maximum Gasteiger partial charge on any atom is 0.271 e. The molecule has 3 aromatic rings. The van der Waals surface area contributed by atoms with Gasteiger partial charge in [0.25, 0.3) is 5.56 Å². The Kier molecular flexibility index (Phi) is 3.17. The highest BCUT2D eigenvalue weighted by Crippen LogP contribution is 2.14. The zero-order valence-corrected chi connectivity index (χ0v) is 12.3. The zero-order valence-electron chi connectivity index (χ0n) is 9.34. The van der Waals surface area contributed by atoms with Gasteiger partial charge >= 0.3 is 0 Å². The van der Waals surface area contributed by atoms with Gasteiger partial charge in [-0.15, -0.1) is 11.3 Å². The molecule has 0 saturated heterocycles. The summed E-state index contributed by atoms with van der Waals surface area (Å²) in [5.41, 5.74) is 1.92. The van der Waals surface area contributed by atoms with Crippen molar-refractivity contribution < 1.29 is 0 Å². The summed E-state index contributed by atoms with van der Waals surface area (Å²) >= 11 is 3.71. The predicted octanol–water partition coefficient (Wildman–Crippen LogP) is 3.11. The molecule has 0 fully saturated rings. The maximum atomic E-state index is 12.2. The van der Waals surface area contributed by atoms with Crippen molar-refractivity contribution in [3.05, 3.63) is 61.5 Å². The SMILES string of the molecule is O=c1c2sccc2ncn1Cc1ccc(I)cc1. The number of halogens is 1. The van der Waals surface area contributed by atoms with Gasteiger partial charge in [-0.25, -0.2) is 4.98 Å². The molecular formula is C13H9IN2OS. The highest BCUT2D eigenvalue weighted by atomic mass is 127. The molecule has 3 rings (SSSR count). The average molecular weight is 368 g/mol. The van der Waals surface area contributed by atoms with Crippen molar-refractivity contribution in [3.63, 3.8) is 0 Å². The van der Waals surface area contributed by atoms with E-state index in [1.165, 1.54) is 14.9 Å². The van der Waals surface area contributed by atoms with E-state index in [-0.39, 0.29) is 5.56 Å². The molecule has 3 nitrogen and oxygen atoms in total. The highest BCUT2D eigenvalue weighted by Gasteiger charge is 2.05. The maximum absolute atomic E-state index is 12.2. The Labute approximate surface area is 121 Å². The third-order valence-corrected chi connectivity index (χ3v) is 4.31. The Morgan fingerprint density at radius 3 is 2.78 bits per heavy atom. The lowest BCUT2D eigenvalue weighted by Crippen LogP contribution is -2.20. The van der Waals surface area contributed by atoms with Crippen molar-refractivity contribution in [3.8, 4) is 0 Å². The summed E-state index contributed by atoms with van der Waals surface area (Å²) in [4.78, 5) is 16.5. The minimum absolute atomic E-state index is 0.0357. The van der Waals surface area contributed by atoms with Crippen molar-refractivity contribution in [2.75, 3.05) is 0 Å². The lowest BCUT2D eigenvalue weighted by molar-refractivity contribution is 0.750. The van der Waals surface area contributed by atoms with Crippen molar-refractivity contribution >= 4 is 44.1 Å². The lowest BCUT2D eigenvalue weighted by atomic mass is 10.2. The first-order valence-corrected chi connectivity index (χ1v) is 7.37. The number of benzene rings is 1. The molecule has 0 N–H and O–H groups in total. The molecule has 0 atom stereocenters. The molecule has 2 aromatic heterocycles. The Morgan fingerprint density at radius 2 is 2.00 bits per heavy atom. The molecular weight excluding hydrogens is 359 g/mol. The molecule has 0 saturated carbocycles. The number of rotatable bonds is 2. The predicted molar refractivity (Wildman–Crippen MR) is 82.1 cm³/mol. The Balaban J connectivity index is 2.02. The Hall–Kier alpha value is -1.21. The van der Waals surface area contributed by atoms with E-state index in [9.17, 15) is 4.79 Å². The van der Waals surface area contributed by atoms with Gasteiger partial charge in [0, 0.05) is 3.57 Å². The van der Waals surface area contributed by atoms with E-state index in [0.717, 1.165) is 15.8 Å². The van der Waals surface area contributed by atoms with E-state index < -0.39 is 0 Å². The number of fused-ring (bicyclic) bond motifs is 1. The topological polar surface area (TPSA) is 34.9 Å². The molecule has 2 heterocycles. The minimum atomic E-state index is 0.0357. The summed E-state index contributed by atoms with van der Waals surface area (Å²) in [6.45, 7) is 0.566. The molecule has 0 spiro atoms. The summed E-state index contributed by atoms with van der Waals surface area (Å²) in [5.74, 6) is 0. The molecule has 0 amide bonds. The van der Waals surface area contributed by atoms with Gasteiger partial charge in [0.15, 0.2) is 0 Å². The monoisotopic (exact) mass is 368 g/mol. The van der Waals surface area contributed by atoms with Gasteiger partial charge in [-0.05, 0) is 51.7 Å². The third kappa shape index (κ3) is 2.20. The van der Waals surface area contributed by atoms with E-state index >= 15 is 0 Å². The van der Waals surface area contributed by atoms with Crippen molar-refractivity contribution in [2.24, 2.45) is 0 Å². The van der Waals surface area contributed by atoms with E-state index in [1.54, 1.807) is 10.9 Å². The molecule has 0 bridgehead atoms. The normalized spacial score (nSPS) is 10.9. The number of hydrogen-bond donors (Lipinski definition) is 0. The van der Waals surface area contributed by atoms with Crippen LogP contribution in [0.5, 0.6) is 0 Å². The molecule has 0 aliphatic heterocycles. The summed E-state index contributed by atoms with van der Waals surface area (Å²) in [6, 6.07) is 10.0. The summed E-state index contributed by atoms with van der Waals surface area (Å²) < 4.78 is 3.57. The Bertz CT molecular complexity index is 746. The smallest absolute Gasteiger partial charge is 0.271 e. The fraction of sp³-hybridized carbons (Fsp3) is 0.0769. The summed E-state index contributed by atoms with van der Waals surface area (Å²) in [6.07, 6.45) is 1.62. The van der Waals surface area contributed by atoms with Crippen molar-refractivity contribution in [1.82, 2.24) is 9.55 Å². The van der Waals surface area contributed by atoms with Crippen LogP contribution in [0.3, 0.4) is 0 Å². The first-order chi connectivity index (χ1) is 8.74. The van der Waals surface area contributed by atoms with Crippen LogP contribution in [0.25, 0.3) is 10.2 Å². The number of thiophene rings is 1. The molecule has 90 valence electrons. The van der Waals surface area contributed by atoms with Gasteiger partial charge in [0.1, 0.15) is 4.70 Å². The Morgan fingerprint density at radius 1 is 1.22 bits per heavy atom. The second-order valence-corrected chi connectivity index (χ2v) is 6.10. The van der Waals surface area contributed by atoms with Gasteiger partial charge in [-0.2, -0.15) is 0 Å². The van der Waals surface area contributed by atoms with Crippen LogP contribution in [0.2, 0.25) is 0 Å². The second-order valence-electron chi connectivity index (χ2n) is 3.94. The summed E-state index contributed by atoms with van der Waals surface area (Å²) in [7, 11) is 0. The van der Waals surface area contributed by atoms with Gasteiger partial charge < -0.3 is 0 Å². The second kappa shape index (κ2) is 4.81. The molecule has 0 radical (unpaired) electrons. The molecule has 1 aromatic carbocycles. The van der Waals surface area contributed by atoms with Crippen LogP contribution in [0, 0.1) is 3.57 Å². The van der Waals surface area contributed by atoms with Crippen LogP contribution in [-0.4, -0.2) is 9.55 Å². The van der Waals surface area contributed by atoms with Crippen LogP contribution < -0.4 is 5.56 Å². The number of hydrogen-bond acceptors (Lipinski definition) is 3. The molecule has 0 aliphatic carbocycles. The zero-order chi connectivity index (χ0) is 12.5. The van der Waals surface area contributed by atoms with Gasteiger partial charge in [-0.3, -0.25) is 9.36 Å². The minimum Gasteiger partial charge on any atom is -0.294 e.